The Morgan fingerprint density at radius 1 is 1.36 bits per heavy atom. The summed E-state index contributed by atoms with van der Waals surface area (Å²) >= 11 is 0. The quantitative estimate of drug-likeness (QED) is 0.811. The second-order valence-corrected chi connectivity index (χ2v) is 6.38. The molecule has 6 nitrogen and oxygen atoms in total. The predicted molar refractivity (Wildman–Crippen MR) is 96.8 cm³/mol. The van der Waals surface area contributed by atoms with Crippen LogP contribution in [0.2, 0.25) is 0 Å². The highest BCUT2D eigenvalue weighted by Gasteiger charge is 2.24. The van der Waals surface area contributed by atoms with Crippen molar-refractivity contribution in [3.63, 3.8) is 0 Å². The number of carbonyl (C=O) groups excluding carboxylic acids is 1. The predicted octanol–water partition coefficient (Wildman–Crippen LogP) is 2.55. The number of H-pyrrole nitrogens is 1. The third kappa shape index (κ3) is 4.20. The van der Waals surface area contributed by atoms with Crippen molar-refractivity contribution in [3.05, 3.63) is 47.3 Å². The average Bonchev–Trinajstić information content (AvgIpc) is 3.34. The van der Waals surface area contributed by atoms with Crippen LogP contribution >= 0.6 is 0 Å². The molecule has 1 saturated heterocycles. The van der Waals surface area contributed by atoms with E-state index in [0.717, 1.165) is 36.5 Å². The molecule has 1 aromatic heterocycles. The van der Waals surface area contributed by atoms with Crippen molar-refractivity contribution >= 4 is 5.91 Å². The molecule has 2 heterocycles. The van der Waals surface area contributed by atoms with Gasteiger partial charge in [0, 0.05) is 12.2 Å². The van der Waals surface area contributed by atoms with Crippen LogP contribution in [0.1, 0.15) is 47.6 Å². The SMILES string of the molecule is CCc1cc(C(=O)NCC(c2cccc(OC)c2)N2CCCC2)n[nH]1. The van der Waals surface area contributed by atoms with E-state index in [-0.39, 0.29) is 11.9 Å². The Morgan fingerprint density at radius 3 is 2.84 bits per heavy atom. The molecule has 1 aliphatic heterocycles. The van der Waals surface area contributed by atoms with Crippen LogP contribution in [0.5, 0.6) is 5.75 Å². The lowest BCUT2D eigenvalue weighted by Crippen LogP contribution is -2.37. The number of aromatic nitrogens is 2. The number of methoxy groups -OCH3 is 1. The van der Waals surface area contributed by atoms with E-state index in [2.05, 4.69) is 32.5 Å². The summed E-state index contributed by atoms with van der Waals surface area (Å²) in [6.45, 7) is 4.70. The first-order chi connectivity index (χ1) is 12.2. The second-order valence-electron chi connectivity index (χ2n) is 6.38. The number of rotatable bonds is 7. The first kappa shape index (κ1) is 17.5. The number of hydrogen-bond donors (Lipinski definition) is 2. The van der Waals surface area contributed by atoms with E-state index in [4.69, 9.17) is 4.74 Å². The Kier molecular flexibility index (Phi) is 5.71. The summed E-state index contributed by atoms with van der Waals surface area (Å²) in [6.07, 6.45) is 3.24. The fourth-order valence-corrected chi connectivity index (χ4v) is 3.30. The summed E-state index contributed by atoms with van der Waals surface area (Å²) in [4.78, 5) is 14.8. The number of carbonyl (C=O) groups is 1. The van der Waals surface area contributed by atoms with E-state index < -0.39 is 0 Å². The van der Waals surface area contributed by atoms with Crippen molar-refractivity contribution < 1.29 is 9.53 Å². The van der Waals surface area contributed by atoms with Crippen molar-refractivity contribution in [2.75, 3.05) is 26.7 Å². The normalized spacial score (nSPS) is 15.9. The molecule has 2 N–H and O–H groups in total. The fraction of sp³-hybridized carbons (Fsp3) is 0.474. The van der Waals surface area contributed by atoms with Crippen molar-refractivity contribution in [2.24, 2.45) is 0 Å². The van der Waals surface area contributed by atoms with Crippen LogP contribution in [-0.4, -0.2) is 47.7 Å². The average molecular weight is 342 g/mol. The van der Waals surface area contributed by atoms with Gasteiger partial charge in [0.25, 0.3) is 5.91 Å². The van der Waals surface area contributed by atoms with E-state index in [1.54, 1.807) is 7.11 Å². The Hall–Kier alpha value is -2.34. The Morgan fingerprint density at radius 2 is 2.16 bits per heavy atom. The van der Waals surface area contributed by atoms with E-state index in [1.165, 1.54) is 12.8 Å². The van der Waals surface area contributed by atoms with Crippen LogP contribution < -0.4 is 10.1 Å². The van der Waals surface area contributed by atoms with Gasteiger partial charge in [0.05, 0.1) is 13.2 Å². The molecule has 25 heavy (non-hydrogen) atoms. The van der Waals surface area contributed by atoms with E-state index >= 15 is 0 Å². The van der Waals surface area contributed by atoms with Gasteiger partial charge in [-0.2, -0.15) is 5.10 Å². The molecule has 3 rings (SSSR count). The number of amides is 1. The maximum Gasteiger partial charge on any atom is 0.271 e. The lowest BCUT2D eigenvalue weighted by Gasteiger charge is -2.28. The molecular weight excluding hydrogens is 316 g/mol. The molecule has 0 saturated carbocycles. The molecule has 0 bridgehead atoms. The minimum Gasteiger partial charge on any atom is -0.497 e. The third-order valence-corrected chi connectivity index (χ3v) is 4.76. The van der Waals surface area contributed by atoms with E-state index in [1.807, 2.05) is 25.1 Å². The third-order valence-electron chi connectivity index (χ3n) is 4.76. The number of nitrogens with one attached hydrogen (secondary N) is 2. The molecule has 0 radical (unpaired) electrons. The van der Waals surface area contributed by atoms with Crippen LogP contribution in [0, 0.1) is 0 Å². The summed E-state index contributed by atoms with van der Waals surface area (Å²) in [6, 6.07) is 10.1. The number of aromatic amines is 1. The molecule has 1 unspecified atom stereocenters. The van der Waals surface area contributed by atoms with Crippen LogP contribution in [0.15, 0.2) is 30.3 Å². The van der Waals surface area contributed by atoms with E-state index in [9.17, 15) is 4.79 Å². The molecular formula is C19H26N4O2. The van der Waals surface area contributed by atoms with Gasteiger partial charge in [-0.25, -0.2) is 0 Å². The maximum absolute atomic E-state index is 12.4. The van der Waals surface area contributed by atoms with Gasteiger partial charge in [0.1, 0.15) is 11.4 Å². The van der Waals surface area contributed by atoms with Gasteiger partial charge in [0.2, 0.25) is 0 Å². The van der Waals surface area contributed by atoms with Crippen LogP contribution in [0.25, 0.3) is 0 Å². The molecule has 134 valence electrons. The number of hydrogen-bond acceptors (Lipinski definition) is 4. The number of aryl methyl sites for hydroxylation is 1. The standard InChI is InChI=1S/C19H26N4O2/c1-3-15-12-17(22-21-15)19(24)20-13-18(23-9-4-5-10-23)14-7-6-8-16(11-14)25-2/h6-8,11-12,18H,3-5,9-10,13H2,1-2H3,(H,20,24)(H,21,22). The van der Waals surface area contributed by atoms with Crippen LogP contribution in [-0.2, 0) is 6.42 Å². The van der Waals surface area contributed by atoms with Gasteiger partial charge in [-0.05, 0) is 56.1 Å². The summed E-state index contributed by atoms with van der Waals surface area (Å²) in [5, 5.41) is 10.0. The Bertz CT molecular complexity index is 707. The smallest absolute Gasteiger partial charge is 0.271 e. The minimum absolute atomic E-state index is 0.136. The highest BCUT2D eigenvalue weighted by Crippen LogP contribution is 2.27. The van der Waals surface area contributed by atoms with Gasteiger partial charge in [-0.3, -0.25) is 14.8 Å². The zero-order valence-corrected chi connectivity index (χ0v) is 14.9. The van der Waals surface area contributed by atoms with Crippen LogP contribution in [0.3, 0.4) is 0 Å². The van der Waals surface area contributed by atoms with Crippen molar-refractivity contribution in [3.8, 4) is 5.75 Å². The van der Waals surface area contributed by atoms with E-state index in [0.29, 0.717) is 12.2 Å². The molecule has 1 atom stereocenters. The highest BCUT2D eigenvalue weighted by molar-refractivity contribution is 5.92. The molecule has 1 amide bonds. The molecule has 0 spiro atoms. The number of ether oxygens (including phenoxy) is 1. The van der Waals surface area contributed by atoms with Gasteiger partial charge in [-0.1, -0.05) is 19.1 Å². The lowest BCUT2D eigenvalue weighted by molar-refractivity contribution is 0.0933. The minimum atomic E-state index is -0.136. The van der Waals surface area contributed by atoms with Gasteiger partial charge in [0.15, 0.2) is 0 Å². The largest absolute Gasteiger partial charge is 0.497 e. The molecule has 0 aliphatic carbocycles. The summed E-state index contributed by atoms with van der Waals surface area (Å²) in [5.74, 6) is 0.705. The zero-order chi connectivity index (χ0) is 17.6. The number of nitrogens with zero attached hydrogens (tertiary/aromatic N) is 2. The van der Waals surface area contributed by atoms with Crippen LogP contribution in [0.4, 0.5) is 0 Å². The topological polar surface area (TPSA) is 70.2 Å². The first-order valence-corrected chi connectivity index (χ1v) is 8.91. The zero-order valence-electron chi connectivity index (χ0n) is 14.9. The Labute approximate surface area is 148 Å². The second kappa shape index (κ2) is 8.16. The number of benzene rings is 1. The number of likely N-dealkylation sites (tertiary alicyclic amines) is 1. The molecule has 1 fully saturated rings. The summed E-state index contributed by atoms with van der Waals surface area (Å²) in [5.41, 5.74) is 2.58. The monoisotopic (exact) mass is 342 g/mol. The van der Waals surface area contributed by atoms with Gasteiger partial charge < -0.3 is 10.1 Å². The summed E-state index contributed by atoms with van der Waals surface area (Å²) in [7, 11) is 1.68. The summed E-state index contributed by atoms with van der Waals surface area (Å²) < 4.78 is 5.36. The van der Waals surface area contributed by atoms with Crippen molar-refractivity contribution in [1.29, 1.82) is 0 Å². The molecule has 1 aromatic carbocycles. The van der Waals surface area contributed by atoms with Gasteiger partial charge in [-0.15, -0.1) is 0 Å². The van der Waals surface area contributed by atoms with Crippen molar-refractivity contribution in [2.45, 2.75) is 32.2 Å². The molecule has 6 heteroatoms. The van der Waals surface area contributed by atoms with Gasteiger partial charge >= 0.3 is 0 Å². The first-order valence-electron chi connectivity index (χ1n) is 8.91. The maximum atomic E-state index is 12.4. The molecule has 2 aromatic rings. The highest BCUT2D eigenvalue weighted by atomic mass is 16.5. The molecule has 1 aliphatic rings. The fourth-order valence-electron chi connectivity index (χ4n) is 3.30. The lowest BCUT2D eigenvalue weighted by atomic mass is 10.0. The Balaban J connectivity index is 1.72. The van der Waals surface area contributed by atoms with Crippen molar-refractivity contribution in [1.82, 2.24) is 20.4 Å².